The van der Waals surface area contributed by atoms with Gasteiger partial charge in [-0.1, -0.05) is 64.2 Å². The van der Waals surface area contributed by atoms with Gasteiger partial charge in [0.1, 0.15) is 5.82 Å². The Morgan fingerprint density at radius 1 is 1.20 bits per heavy atom. The van der Waals surface area contributed by atoms with Gasteiger partial charge < -0.3 is 10.8 Å². The summed E-state index contributed by atoms with van der Waals surface area (Å²) in [5.74, 6) is 0.827. The molecule has 1 atom stereocenters. The average molecular weight is 498 g/mol. The summed E-state index contributed by atoms with van der Waals surface area (Å²) < 4.78 is 14.1. The summed E-state index contributed by atoms with van der Waals surface area (Å²) in [5, 5.41) is 9.50. The molecule has 1 aliphatic carbocycles. The van der Waals surface area contributed by atoms with Crippen LogP contribution in [0.5, 0.6) is 0 Å². The van der Waals surface area contributed by atoms with Crippen LogP contribution >= 0.6 is 12.2 Å². The molecule has 1 fully saturated rings. The van der Waals surface area contributed by atoms with Crippen molar-refractivity contribution in [2.45, 2.75) is 73.3 Å². The van der Waals surface area contributed by atoms with Crippen molar-refractivity contribution in [3.05, 3.63) is 70.7 Å². The van der Waals surface area contributed by atoms with E-state index in [9.17, 15) is 14.3 Å². The third-order valence-corrected chi connectivity index (χ3v) is 6.97. The number of benzene rings is 2. The second kappa shape index (κ2) is 12.0. The maximum atomic E-state index is 14.1. The topological polar surface area (TPSA) is 63.3 Å². The van der Waals surface area contributed by atoms with Gasteiger partial charge in [-0.2, -0.15) is 0 Å². The van der Waals surface area contributed by atoms with Gasteiger partial charge in [0.15, 0.2) is 5.78 Å². The monoisotopic (exact) mass is 497 g/mol. The summed E-state index contributed by atoms with van der Waals surface area (Å²) in [6.45, 7) is 13.4. The Morgan fingerprint density at radius 2 is 1.77 bits per heavy atom. The highest BCUT2D eigenvalue weighted by Crippen LogP contribution is 2.41. The lowest BCUT2D eigenvalue weighted by Crippen LogP contribution is -2.29. The summed E-state index contributed by atoms with van der Waals surface area (Å²) in [6.07, 6.45) is 4.98. The Bertz CT molecular complexity index is 1070. The number of thiocarbonyl (C=S) groups is 1. The maximum Gasteiger partial charge on any atom is 0.166 e. The van der Waals surface area contributed by atoms with Crippen molar-refractivity contribution >= 4 is 22.9 Å². The summed E-state index contributed by atoms with van der Waals surface area (Å²) in [5.41, 5.74) is 9.49. The smallest absolute Gasteiger partial charge is 0.166 e. The molecule has 1 unspecified atom stereocenters. The second-order valence-electron chi connectivity index (χ2n) is 10.5. The molecule has 2 aromatic carbocycles. The number of aryl methyl sites for hydroxylation is 1. The van der Waals surface area contributed by atoms with E-state index < -0.39 is 5.60 Å². The second-order valence-corrected chi connectivity index (χ2v) is 10.9. The third-order valence-electron chi connectivity index (χ3n) is 6.62. The Hall–Kier alpha value is -2.37. The first-order chi connectivity index (χ1) is 16.3. The van der Waals surface area contributed by atoms with E-state index in [1.165, 1.54) is 25.0 Å². The molecule has 0 spiro atoms. The zero-order valence-electron chi connectivity index (χ0n) is 22.1. The molecule has 0 bridgehead atoms. The highest BCUT2D eigenvalue weighted by atomic mass is 32.1. The predicted molar refractivity (Wildman–Crippen MR) is 148 cm³/mol. The van der Waals surface area contributed by atoms with Crippen molar-refractivity contribution in [1.82, 2.24) is 0 Å². The molecule has 3 nitrogen and oxygen atoms in total. The molecule has 5 heteroatoms. The average Bonchev–Trinajstić information content (AvgIpc) is 3.62. The van der Waals surface area contributed by atoms with Gasteiger partial charge in [0.05, 0.1) is 5.60 Å². The summed E-state index contributed by atoms with van der Waals surface area (Å²) in [6, 6.07) is 10.4. The zero-order valence-corrected chi connectivity index (χ0v) is 22.9. The molecule has 0 saturated heterocycles. The molecule has 1 aliphatic rings. The normalized spacial score (nSPS) is 14.9. The van der Waals surface area contributed by atoms with Crippen molar-refractivity contribution in [3.63, 3.8) is 0 Å². The molecule has 0 amide bonds. The van der Waals surface area contributed by atoms with E-state index in [1.54, 1.807) is 13.0 Å². The zero-order chi connectivity index (χ0) is 26.5. The van der Waals surface area contributed by atoms with Crippen LogP contribution < -0.4 is 5.73 Å². The number of carbonyl (C=O) groups excluding carboxylic acids is 1. The van der Waals surface area contributed by atoms with Crippen LogP contribution in [0.2, 0.25) is 0 Å². The first-order valence-corrected chi connectivity index (χ1v) is 12.8. The Morgan fingerprint density at radius 3 is 2.17 bits per heavy atom. The van der Waals surface area contributed by atoms with Crippen molar-refractivity contribution < 1.29 is 14.3 Å². The van der Waals surface area contributed by atoms with Crippen LogP contribution in [-0.4, -0.2) is 21.4 Å². The number of carbonyl (C=O) groups is 1. The maximum absolute atomic E-state index is 14.1. The largest absolute Gasteiger partial charge is 0.402 e. The molecular formula is C30H40FNO2S. The number of hydrogen-bond donors (Lipinski definition) is 2. The van der Waals surface area contributed by atoms with E-state index in [2.05, 4.69) is 6.92 Å². The van der Waals surface area contributed by atoms with Gasteiger partial charge in [0, 0.05) is 22.0 Å². The highest BCUT2D eigenvalue weighted by molar-refractivity contribution is 7.81. The number of hydrogen-bond acceptors (Lipinski definition) is 4. The van der Waals surface area contributed by atoms with Gasteiger partial charge in [-0.25, -0.2) is 4.39 Å². The fraction of sp³-hybridized carbons (Fsp3) is 0.467. The van der Waals surface area contributed by atoms with Crippen LogP contribution in [0, 0.1) is 23.6 Å². The van der Waals surface area contributed by atoms with Crippen LogP contribution in [0.15, 0.2) is 48.2 Å². The van der Waals surface area contributed by atoms with Gasteiger partial charge in [-0.05, 0) is 92.3 Å². The number of halogens is 1. The molecular weight excluding hydrogens is 457 g/mol. The minimum Gasteiger partial charge on any atom is -0.402 e. The van der Waals surface area contributed by atoms with Crippen molar-refractivity contribution in [2.75, 3.05) is 0 Å². The number of allylic oxidation sites excluding steroid dienone is 2. The minimum atomic E-state index is -0.457. The van der Waals surface area contributed by atoms with Crippen molar-refractivity contribution in [1.29, 1.82) is 0 Å². The molecule has 190 valence electrons. The molecule has 0 aromatic heterocycles. The molecule has 35 heavy (non-hydrogen) atoms. The first-order valence-electron chi connectivity index (χ1n) is 12.4. The van der Waals surface area contributed by atoms with E-state index in [-0.39, 0.29) is 17.5 Å². The predicted octanol–water partition coefficient (Wildman–Crippen LogP) is 7.28. The lowest BCUT2D eigenvalue weighted by atomic mass is 9.87. The summed E-state index contributed by atoms with van der Waals surface area (Å²) >= 11 is 5.35. The lowest BCUT2D eigenvalue weighted by molar-refractivity contribution is 0.0155. The van der Waals surface area contributed by atoms with Crippen molar-refractivity contribution in [3.8, 4) is 11.1 Å². The first kappa shape index (κ1) is 28.9. The van der Waals surface area contributed by atoms with Crippen LogP contribution in [0.4, 0.5) is 4.39 Å². The fourth-order valence-corrected chi connectivity index (χ4v) is 4.35. The molecule has 0 heterocycles. The molecule has 1 saturated carbocycles. The van der Waals surface area contributed by atoms with E-state index in [4.69, 9.17) is 18.0 Å². The molecule has 0 radical (unpaired) electrons. The van der Waals surface area contributed by atoms with E-state index in [0.717, 1.165) is 22.6 Å². The summed E-state index contributed by atoms with van der Waals surface area (Å²) in [7, 11) is 0. The Labute approximate surface area is 215 Å². The third kappa shape index (κ3) is 8.08. The quantitative estimate of drug-likeness (QED) is 0.229. The Kier molecular flexibility index (Phi) is 9.94. The van der Waals surface area contributed by atoms with Crippen LogP contribution in [0.3, 0.4) is 0 Å². The fourth-order valence-electron chi connectivity index (χ4n) is 4.03. The number of rotatable bonds is 8. The van der Waals surface area contributed by atoms with E-state index >= 15 is 0 Å². The number of ketones is 1. The van der Waals surface area contributed by atoms with E-state index in [1.807, 2.05) is 58.9 Å². The van der Waals surface area contributed by atoms with Gasteiger partial charge in [-0.3, -0.25) is 4.79 Å². The van der Waals surface area contributed by atoms with Crippen LogP contribution in [-0.2, 0) is 6.42 Å². The number of Topliss-reactive ketones (excluding diaryl/α,β-unsaturated/α-hetero) is 1. The van der Waals surface area contributed by atoms with E-state index in [0.29, 0.717) is 34.0 Å². The van der Waals surface area contributed by atoms with Gasteiger partial charge >= 0.3 is 0 Å². The van der Waals surface area contributed by atoms with Crippen molar-refractivity contribution in [2.24, 2.45) is 23.5 Å². The van der Waals surface area contributed by atoms with Gasteiger partial charge in [-0.15, -0.1) is 0 Å². The molecule has 0 aliphatic heterocycles. The molecule has 3 N–H and O–H groups in total. The lowest BCUT2D eigenvalue weighted by Gasteiger charge is -2.25. The van der Waals surface area contributed by atoms with Crippen LogP contribution in [0.1, 0.15) is 82.8 Å². The summed E-state index contributed by atoms with van der Waals surface area (Å²) in [4.78, 5) is 13.4. The number of nitrogens with two attached hydrogens (primary N) is 1. The van der Waals surface area contributed by atoms with Gasteiger partial charge in [0.2, 0.25) is 0 Å². The minimum absolute atomic E-state index is 0.0261. The Balaban J connectivity index is 0.000000402. The van der Waals surface area contributed by atoms with Crippen LogP contribution in [0.25, 0.3) is 11.1 Å². The van der Waals surface area contributed by atoms with Gasteiger partial charge in [0.25, 0.3) is 0 Å². The molecule has 3 rings (SSSR count). The standard InChI is InChI=1S/C22H24FNOS.C8H16O/c1-5-15-11-18(23)12-19(21(15)22(25)13(2)3)16-6-8-17(9-7-16)20(26)10-14(4)24;1-6(7-4-5-7)8(2,3)9/h6-13H,5,24H2,1-4H3;6-7,9H,4-5H2,1-3H3/b14-10-;. The molecule has 2 aromatic rings. The highest BCUT2D eigenvalue weighted by Gasteiger charge is 2.36. The number of aliphatic hydroxyl groups is 1. The SMILES string of the molecule is CC(C1CC1)C(C)(C)O.CCc1cc(F)cc(-c2ccc(C(=S)/C=C(/C)N)cc2)c1C(=O)C(C)C.